The highest BCUT2D eigenvalue weighted by molar-refractivity contribution is 4.94. The van der Waals surface area contributed by atoms with Crippen LogP contribution in [0.5, 0.6) is 0 Å². The monoisotopic (exact) mass is 309 g/mol. The van der Waals surface area contributed by atoms with E-state index in [4.69, 9.17) is 14.0 Å². The van der Waals surface area contributed by atoms with Crippen LogP contribution in [-0.4, -0.2) is 53.6 Å². The number of hydrogen-bond acceptors (Lipinski definition) is 6. The maximum absolute atomic E-state index is 5.94. The van der Waals surface area contributed by atoms with Crippen LogP contribution in [-0.2, 0) is 22.4 Å². The molecular weight excluding hydrogens is 282 g/mol. The molecule has 2 heterocycles. The molecule has 0 amide bonds. The molecule has 6 nitrogen and oxygen atoms in total. The molecule has 6 heteroatoms. The highest BCUT2D eigenvalue weighted by Gasteiger charge is 2.38. The van der Waals surface area contributed by atoms with Gasteiger partial charge in [-0.3, -0.25) is 4.90 Å². The molecule has 1 aliphatic heterocycles. The molecule has 0 aromatic carbocycles. The number of fused-ring (bicyclic) bond motifs is 1. The van der Waals surface area contributed by atoms with Crippen molar-refractivity contribution in [3.8, 4) is 0 Å². The lowest BCUT2D eigenvalue weighted by molar-refractivity contribution is -0.117. The predicted octanol–water partition coefficient (Wildman–Crippen LogP) is 2.04. The topological polar surface area (TPSA) is 60.6 Å². The maximum atomic E-state index is 5.94. The van der Waals surface area contributed by atoms with Crippen molar-refractivity contribution in [2.45, 2.75) is 64.3 Å². The summed E-state index contributed by atoms with van der Waals surface area (Å²) in [6.45, 7) is 6.74. The summed E-state index contributed by atoms with van der Waals surface area (Å²) in [5.74, 6) is 2.07. The Balaban J connectivity index is 1.64. The van der Waals surface area contributed by atoms with Crippen LogP contribution < -0.4 is 0 Å². The summed E-state index contributed by atoms with van der Waals surface area (Å²) in [7, 11) is 1.80. The number of hydrogen-bond donors (Lipinski definition) is 0. The van der Waals surface area contributed by atoms with Gasteiger partial charge in [-0.1, -0.05) is 19.0 Å². The zero-order valence-corrected chi connectivity index (χ0v) is 13.8. The predicted molar refractivity (Wildman–Crippen MR) is 81.4 cm³/mol. The summed E-state index contributed by atoms with van der Waals surface area (Å²) in [5, 5.41) is 4.09. The van der Waals surface area contributed by atoms with Crippen molar-refractivity contribution in [2.24, 2.45) is 5.92 Å². The molecular formula is C16H27N3O3. The molecule has 2 fully saturated rings. The second-order valence-corrected chi connectivity index (χ2v) is 6.82. The van der Waals surface area contributed by atoms with Crippen molar-refractivity contribution in [1.29, 1.82) is 0 Å². The van der Waals surface area contributed by atoms with E-state index in [-0.39, 0.29) is 0 Å². The number of aromatic nitrogens is 2. The second kappa shape index (κ2) is 7.06. The first-order valence-corrected chi connectivity index (χ1v) is 8.35. The third-order valence-corrected chi connectivity index (χ3v) is 4.66. The largest absolute Gasteiger partial charge is 0.381 e. The molecule has 22 heavy (non-hydrogen) atoms. The average molecular weight is 309 g/mol. The van der Waals surface area contributed by atoms with Crippen molar-refractivity contribution >= 4 is 0 Å². The first-order chi connectivity index (χ1) is 10.7. The molecule has 3 atom stereocenters. The van der Waals surface area contributed by atoms with E-state index in [2.05, 4.69) is 28.9 Å². The summed E-state index contributed by atoms with van der Waals surface area (Å²) in [4.78, 5) is 6.95. The van der Waals surface area contributed by atoms with Crippen LogP contribution in [0.25, 0.3) is 0 Å². The highest BCUT2D eigenvalue weighted by atomic mass is 16.5. The smallest absolute Gasteiger partial charge is 0.240 e. The number of rotatable bonds is 5. The van der Waals surface area contributed by atoms with Gasteiger partial charge in [-0.15, -0.1) is 0 Å². The fraction of sp³-hybridized carbons (Fsp3) is 0.875. The summed E-state index contributed by atoms with van der Waals surface area (Å²) in [6.07, 6.45) is 4.70. The second-order valence-electron chi connectivity index (χ2n) is 6.82. The van der Waals surface area contributed by atoms with Crippen LogP contribution in [0.2, 0.25) is 0 Å². The van der Waals surface area contributed by atoms with E-state index in [0.717, 1.165) is 50.6 Å². The van der Waals surface area contributed by atoms with E-state index < -0.39 is 0 Å². The Hall–Kier alpha value is -0.980. The molecule has 124 valence electrons. The zero-order valence-electron chi connectivity index (χ0n) is 13.8. The van der Waals surface area contributed by atoms with Crippen LogP contribution >= 0.6 is 0 Å². The molecule has 3 rings (SSSR count). The lowest BCUT2D eigenvalue weighted by Gasteiger charge is -2.45. The lowest BCUT2D eigenvalue weighted by Crippen LogP contribution is -2.54. The molecule has 0 bridgehead atoms. The van der Waals surface area contributed by atoms with Gasteiger partial charge >= 0.3 is 0 Å². The fourth-order valence-electron chi connectivity index (χ4n) is 3.53. The Bertz CT molecular complexity index is 477. The lowest BCUT2D eigenvalue weighted by atomic mass is 9.88. The summed E-state index contributed by atoms with van der Waals surface area (Å²) >= 11 is 0. The van der Waals surface area contributed by atoms with Crippen molar-refractivity contribution in [2.75, 3.05) is 20.3 Å². The normalized spacial score (nSPS) is 29.7. The number of nitrogens with zero attached hydrogens (tertiary/aromatic N) is 3. The van der Waals surface area contributed by atoms with Gasteiger partial charge in [0.2, 0.25) is 5.89 Å². The van der Waals surface area contributed by atoms with E-state index in [1.54, 1.807) is 7.11 Å². The van der Waals surface area contributed by atoms with Gasteiger partial charge in [0.15, 0.2) is 5.82 Å². The van der Waals surface area contributed by atoms with Gasteiger partial charge in [0, 0.05) is 26.1 Å². The van der Waals surface area contributed by atoms with Gasteiger partial charge < -0.3 is 14.0 Å². The third-order valence-electron chi connectivity index (χ3n) is 4.66. The Morgan fingerprint density at radius 3 is 3.00 bits per heavy atom. The van der Waals surface area contributed by atoms with Gasteiger partial charge in [-0.05, 0) is 25.2 Å². The Labute approximate surface area is 132 Å². The number of methoxy groups -OCH3 is 1. The van der Waals surface area contributed by atoms with E-state index in [9.17, 15) is 0 Å². The Morgan fingerprint density at radius 1 is 1.36 bits per heavy atom. The quantitative estimate of drug-likeness (QED) is 0.829. The Kier molecular flexibility index (Phi) is 5.10. The van der Waals surface area contributed by atoms with Crippen molar-refractivity contribution in [1.82, 2.24) is 15.0 Å². The average Bonchev–Trinajstić information content (AvgIpc) is 2.93. The van der Waals surface area contributed by atoms with Crippen molar-refractivity contribution in [3.63, 3.8) is 0 Å². The first kappa shape index (κ1) is 15.9. The van der Waals surface area contributed by atoms with Gasteiger partial charge in [0.25, 0.3) is 0 Å². The fourth-order valence-corrected chi connectivity index (χ4v) is 3.53. The van der Waals surface area contributed by atoms with Crippen LogP contribution in [0.1, 0.15) is 44.8 Å². The molecule has 2 aliphatic rings. The SMILES string of the molecule is CO[C@@H]1CC[C@H]2OCCN(Cc3nc(CC(C)C)no3)[C@H]2C1. The first-order valence-electron chi connectivity index (χ1n) is 8.35. The summed E-state index contributed by atoms with van der Waals surface area (Å²) in [6, 6.07) is 0.396. The molecule has 1 aliphatic carbocycles. The van der Waals surface area contributed by atoms with Crippen LogP contribution in [0.3, 0.4) is 0 Å². The minimum atomic E-state index is 0.318. The molecule has 1 saturated heterocycles. The highest BCUT2D eigenvalue weighted by Crippen LogP contribution is 2.30. The minimum absolute atomic E-state index is 0.318. The van der Waals surface area contributed by atoms with Crippen molar-refractivity contribution in [3.05, 3.63) is 11.7 Å². The molecule has 0 N–H and O–H groups in total. The van der Waals surface area contributed by atoms with Gasteiger partial charge in [0.05, 0.1) is 25.4 Å². The van der Waals surface area contributed by atoms with E-state index in [1.165, 1.54) is 0 Å². The summed E-state index contributed by atoms with van der Waals surface area (Å²) in [5.41, 5.74) is 0. The van der Waals surface area contributed by atoms with Crippen LogP contribution in [0.4, 0.5) is 0 Å². The molecule has 1 aromatic rings. The molecule has 0 radical (unpaired) electrons. The van der Waals surface area contributed by atoms with Gasteiger partial charge in [-0.2, -0.15) is 4.98 Å². The van der Waals surface area contributed by atoms with Crippen molar-refractivity contribution < 1.29 is 14.0 Å². The van der Waals surface area contributed by atoms with Gasteiger partial charge in [-0.25, -0.2) is 0 Å². The maximum Gasteiger partial charge on any atom is 0.240 e. The number of ether oxygens (including phenoxy) is 2. The minimum Gasteiger partial charge on any atom is -0.381 e. The number of morpholine rings is 1. The molecule has 1 saturated carbocycles. The summed E-state index contributed by atoms with van der Waals surface area (Å²) < 4.78 is 16.9. The third kappa shape index (κ3) is 3.67. The Morgan fingerprint density at radius 2 is 2.23 bits per heavy atom. The van der Waals surface area contributed by atoms with Gasteiger partial charge in [0.1, 0.15) is 0 Å². The van der Waals surface area contributed by atoms with E-state index in [0.29, 0.717) is 30.7 Å². The van der Waals surface area contributed by atoms with E-state index >= 15 is 0 Å². The molecule has 1 aromatic heterocycles. The zero-order chi connectivity index (χ0) is 15.5. The van der Waals surface area contributed by atoms with Crippen LogP contribution in [0.15, 0.2) is 4.52 Å². The van der Waals surface area contributed by atoms with E-state index in [1.807, 2.05) is 0 Å². The molecule has 0 unspecified atom stereocenters. The molecule has 0 spiro atoms. The standard InChI is InChI=1S/C16H27N3O3/c1-11(2)8-15-17-16(22-18-15)10-19-6-7-21-14-5-4-12(20-3)9-13(14)19/h11-14H,4-10H2,1-3H3/t12-,13+,14-/m1/s1. The van der Waals surface area contributed by atoms with Crippen LogP contribution in [0, 0.1) is 5.92 Å².